The van der Waals surface area contributed by atoms with E-state index in [9.17, 15) is 18.8 Å². The van der Waals surface area contributed by atoms with Crippen molar-refractivity contribution in [1.82, 2.24) is 25.8 Å². The summed E-state index contributed by atoms with van der Waals surface area (Å²) in [5, 5.41) is 7.90. The predicted molar refractivity (Wildman–Crippen MR) is 131 cm³/mol. The monoisotopic (exact) mass is 533 g/mol. The van der Waals surface area contributed by atoms with Crippen molar-refractivity contribution in [2.24, 2.45) is 0 Å². The van der Waals surface area contributed by atoms with Crippen molar-refractivity contribution in [2.75, 3.05) is 13.7 Å². The lowest BCUT2D eigenvalue weighted by atomic mass is 9.95. The van der Waals surface area contributed by atoms with Crippen LogP contribution in [0.25, 0.3) is 23.0 Å². The van der Waals surface area contributed by atoms with Crippen molar-refractivity contribution < 1.29 is 37.5 Å². The molecule has 3 heterocycles. The number of halogens is 1. The molecule has 1 aliphatic heterocycles. The fraction of sp³-hybridized carbons (Fsp3) is 0.154. The average molecular weight is 533 g/mol. The Hall–Kier alpha value is -5.17. The number of carbonyl (C=O) groups excluding carboxylic acids is 3. The van der Waals surface area contributed by atoms with Crippen molar-refractivity contribution in [2.45, 2.75) is 12.0 Å². The maximum absolute atomic E-state index is 13.9. The number of hydrogen-bond donors (Lipinski definition) is 2. The van der Waals surface area contributed by atoms with Gasteiger partial charge in [0.25, 0.3) is 23.3 Å². The van der Waals surface area contributed by atoms with Crippen LogP contribution >= 0.6 is 0 Å². The Kier molecular flexibility index (Phi) is 6.97. The number of nitrogens with one attached hydrogen (secondary N) is 2. The van der Waals surface area contributed by atoms with E-state index in [0.717, 1.165) is 0 Å². The van der Waals surface area contributed by atoms with E-state index in [0.29, 0.717) is 17.1 Å². The fourth-order valence-corrected chi connectivity index (χ4v) is 3.72. The summed E-state index contributed by atoms with van der Waals surface area (Å²) in [6.07, 6.45) is 1.32. The number of benzene rings is 2. The molecule has 0 aliphatic carbocycles. The molecule has 0 unspecified atom stereocenters. The fourth-order valence-electron chi connectivity index (χ4n) is 3.72. The zero-order chi connectivity index (χ0) is 27.4. The van der Waals surface area contributed by atoms with Crippen LogP contribution in [-0.2, 0) is 14.3 Å². The first-order chi connectivity index (χ1) is 18.9. The van der Waals surface area contributed by atoms with E-state index in [-0.39, 0.29) is 36.2 Å². The number of hydrogen-bond acceptors (Lipinski definition) is 10. The van der Waals surface area contributed by atoms with Gasteiger partial charge in [0.1, 0.15) is 22.9 Å². The molecule has 4 aromatic rings. The standard InChI is InChI=1S/C26H20FN5O7/c1-36-14-12-26(23(33)30-25(35)31-24(26)34)38-18-10-8-17(9-11-18)37-16-6-4-15(5-7-16)22-29-21(32-39-22)20-19(27)3-2-13-28-20/h2-11,13H,12,14H2,1H3,(H2,30,31,33,34,35). The van der Waals surface area contributed by atoms with E-state index < -0.39 is 29.3 Å². The third kappa shape index (κ3) is 5.29. The maximum atomic E-state index is 13.9. The average Bonchev–Trinajstić information content (AvgIpc) is 3.42. The molecule has 2 aromatic carbocycles. The number of barbiturate groups is 1. The van der Waals surface area contributed by atoms with E-state index in [1.54, 1.807) is 36.4 Å². The smallest absolute Gasteiger partial charge is 0.328 e. The van der Waals surface area contributed by atoms with Crippen LogP contribution in [0.4, 0.5) is 9.18 Å². The van der Waals surface area contributed by atoms with Gasteiger partial charge in [-0.05, 0) is 60.7 Å². The van der Waals surface area contributed by atoms with Gasteiger partial charge in [-0.25, -0.2) is 14.2 Å². The zero-order valence-electron chi connectivity index (χ0n) is 20.3. The SMILES string of the molecule is COCCC1(Oc2ccc(Oc3ccc(-c4nc(-c5ncccc5F)no4)cc3)cc2)C(=O)NC(=O)NC1=O. The molecule has 2 N–H and O–H groups in total. The molecule has 12 nitrogen and oxygen atoms in total. The van der Waals surface area contributed by atoms with Gasteiger partial charge in [0.15, 0.2) is 5.82 Å². The Morgan fingerprint density at radius 3 is 2.21 bits per heavy atom. The second kappa shape index (κ2) is 10.7. The highest BCUT2D eigenvalue weighted by molar-refractivity contribution is 6.21. The predicted octanol–water partition coefficient (Wildman–Crippen LogP) is 3.25. The molecular weight excluding hydrogens is 513 g/mol. The molecular formula is C26H20FN5O7. The van der Waals surface area contributed by atoms with Crippen LogP contribution in [0.15, 0.2) is 71.4 Å². The zero-order valence-corrected chi connectivity index (χ0v) is 20.3. The second-order valence-corrected chi connectivity index (χ2v) is 8.26. The Bertz CT molecular complexity index is 1500. The highest BCUT2D eigenvalue weighted by Crippen LogP contribution is 2.30. The molecule has 1 saturated heterocycles. The van der Waals surface area contributed by atoms with Gasteiger partial charge in [0.2, 0.25) is 5.82 Å². The number of amides is 4. The number of urea groups is 1. The van der Waals surface area contributed by atoms with E-state index in [2.05, 4.69) is 25.8 Å². The summed E-state index contributed by atoms with van der Waals surface area (Å²) in [5.41, 5.74) is -1.40. The minimum absolute atomic E-state index is 0.0114. The van der Waals surface area contributed by atoms with Gasteiger partial charge in [-0.15, -0.1) is 0 Å². The van der Waals surface area contributed by atoms with Gasteiger partial charge in [-0.2, -0.15) is 4.98 Å². The summed E-state index contributed by atoms with van der Waals surface area (Å²) in [6, 6.07) is 14.8. The van der Waals surface area contributed by atoms with Crippen molar-refractivity contribution >= 4 is 17.8 Å². The summed E-state index contributed by atoms with van der Waals surface area (Å²) in [7, 11) is 1.42. The summed E-state index contributed by atoms with van der Waals surface area (Å²) in [5.74, 6) is -0.976. The summed E-state index contributed by atoms with van der Waals surface area (Å²) >= 11 is 0. The quantitative estimate of drug-likeness (QED) is 0.306. The Morgan fingerprint density at radius 1 is 0.923 bits per heavy atom. The van der Waals surface area contributed by atoms with Crippen LogP contribution in [0.5, 0.6) is 17.2 Å². The molecule has 0 spiro atoms. The van der Waals surface area contributed by atoms with Crippen LogP contribution in [0.1, 0.15) is 6.42 Å². The molecule has 5 rings (SSSR count). The van der Waals surface area contributed by atoms with Crippen molar-refractivity contribution in [3.63, 3.8) is 0 Å². The molecule has 1 fully saturated rings. The minimum Gasteiger partial charge on any atom is -0.467 e. The van der Waals surface area contributed by atoms with E-state index in [4.69, 9.17) is 18.7 Å². The topological polar surface area (TPSA) is 155 Å². The van der Waals surface area contributed by atoms with Gasteiger partial charge in [-0.3, -0.25) is 20.2 Å². The third-order valence-electron chi connectivity index (χ3n) is 5.70. The van der Waals surface area contributed by atoms with Crippen LogP contribution in [0, 0.1) is 5.82 Å². The Morgan fingerprint density at radius 2 is 1.56 bits per heavy atom. The first kappa shape index (κ1) is 25.5. The number of nitrogens with zero attached hydrogens (tertiary/aromatic N) is 3. The second-order valence-electron chi connectivity index (χ2n) is 8.26. The van der Waals surface area contributed by atoms with Crippen LogP contribution in [0.3, 0.4) is 0 Å². The van der Waals surface area contributed by atoms with E-state index >= 15 is 0 Å². The number of imide groups is 2. The highest BCUT2D eigenvalue weighted by atomic mass is 19.1. The van der Waals surface area contributed by atoms with Crippen molar-refractivity contribution in [3.05, 3.63) is 72.7 Å². The molecule has 198 valence electrons. The molecule has 2 aromatic heterocycles. The lowest BCUT2D eigenvalue weighted by Gasteiger charge is -2.34. The maximum Gasteiger partial charge on any atom is 0.328 e. The normalized spacial score (nSPS) is 14.5. The number of carbonyl (C=O) groups is 3. The van der Waals surface area contributed by atoms with Gasteiger partial charge in [-0.1, -0.05) is 5.16 Å². The lowest BCUT2D eigenvalue weighted by molar-refractivity contribution is -0.153. The minimum atomic E-state index is -1.97. The summed E-state index contributed by atoms with van der Waals surface area (Å²) in [6.45, 7) is 0.0388. The third-order valence-corrected chi connectivity index (χ3v) is 5.70. The Labute approximate surface area is 220 Å². The molecule has 0 bridgehead atoms. The largest absolute Gasteiger partial charge is 0.467 e. The van der Waals surface area contributed by atoms with Gasteiger partial charge >= 0.3 is 6.03 Å². The first-order valence-electron chi connectivity index (χ1n) is 11.6. The molecule has 4 amide bonds. The molecule has 13 heteroatoms. The number of methoxy groups -OCH3 is 1. The van der Waals surface area contributed by atoms with Crippen LogP contribution in [0.2, 0.25) is 0 Å². The molecule has 1 aliphatic rings. The molecule has 0 saturated carbocycles. The van der Waals surface area contributed by atoms with E-state index in [1.807, 2.05) is 0 Å². The molecule has 39 heavy (non-hydrogen) atoms. The Balaban J connectivity index is 1.26. The van der Waals surface area contributed by atoms with Gasteiger partial charge in [0.05, 0.1) is 6.61 Å². The van der Waals surface area contributed by atoms with E-state index in [1.165, 1.54) is 37.6 Å². The van der Waals surface area contributed by atoms with Crippen LogP contribution in [-0.4, -0.2) is 52.3 Å². The van der Waals surface area contributed by atoms with Gasteiger partial charge < -0.3 is 18.7 Å². The van der Waals surface area contributed by atoms with Crippen molar-refractivity contribution in [3.8, 4) is 40.2 Å². The van der Waals surface area contributed by atoms with Gasteiger partial charge in [0, 0.05) is 25.3 Å². The van der Waals surface area contributed by atoms with Crippen molar-refractivity contribution in [1.29, 1.82) is 0 Å². The first-order valence-corrected chi connectivity index (χ1v) is 11.6. The lowest BCUT2D eigenvalue weighted by Crippen LogP contribution is -2.69. The molecule has 0 radical (unpaired) electrons. The number of aromatic nitrogens is 3. The number of pyridine rings is 1. The molecule has 0 atom stereocenters. The summed E-state index contributed by atoms with van der Waals surface area (Å²) < 4.78 is 35.8. The number of rotatable bonds is 9. The van der Waals surface area contributed by atoms with Crippen LogP contribution < -0.4 is 20.1 Å². The number of ether oxygens (including phenoxy) is 3. The highest BCUT2D eigenvalue weighted by Gasteiger charge is 2.52. The summed E-state index contributed by atoms with van der Waals surface area (Å²) in [4.78, 5) is 44.7.